The van der Waals surface area contributed by atoms with E-state index in [1.807, 2.05) is 33.8 Å². The normalized spacial score (nSPS) is 10.3. The van der Waals surface area contributed by atoms with E-state index in [2.05, 4.69) is 15.0 Å². The van der Waals surface area contributed by atoms with E-state index in [0.717, 1.165) is 0 Å². The van der Waals surface area contributed by atoms with Crippen molar-refractivity contribution in [1.29, 1.82) is 5.26 Å². The summed E-state index contributed by atoms with van der Waals surface area (Å²) in [5, 5.41) is 8.74. The summed E-state index contributed by atoms with van der Waals surface area (Å²) in [6.07, 6.45) is -0.137. The Kier molecular flexibility index (Phi) is 4.00. The predicted octanol–water partition coefficient (Wildman–Crippen LogP) is 1.32. The Labute approximate surface area is 94.3 Å². The highest BCUT2D eigenvalue weighted by atomic mass is 16.5. The van der Waals surface area contributed by atoms with Gasteiger partial charge in [0.2, 0.25) is 5.82 Å². The van der Waals surface area contributed by atoms with Crippen molar-refractivity contribution in [2.45, 2.75) is 39.9 Å². The summed E-state index contributed by atoms with van der Waals surface area (Å²) < 4.78 is 10.6. The first-order chi connectivity index (χ1) is 7.51. The zero-order valence-electron chi connectivity index (χ0n) is 9.76. The van der Waals surface area contributed by atoms with Crippen LogP contribution in [0.5, 0.6) is 12.0 Å². The fraction of sp³-hybridized carbons (Fsp3) is 0.600. The summed E-state index contributed by atoms with van der Waals surface area (Å²) in [6, 6.07) is 2.05. The Balaban J connectivity index is 2.97. The Morgan fingerprint density at radius 3 is 1.69 bits per heavy atom. The molecule has 0 atom stereocenters. The van der Waals surface area contributed by atoms with Crippen LogP contribution >= 0.6 is 0 Å². The molecule has 0 fully saturated rings. The monoisotopic (exact) mass is 222 g/mol. The van der Waals surface area contributed by atoms with Gasteiger partial charge in [-0.25, -0.2) is 0 Å². The molecule has 0 aliphatic heterocycles. The summed E-state index contributed by atoms with van der Waals surface area (Å²) in [4.78, 5) is 11.6. The molecule has 0 aliphatic rings. The number of ether oxygens (including phenoxy) is 2. The van der Waals surface area contributed by atoms with Crippen LogP contribution in [0.2, 0.25) is 0 Å². The topological polar surface area (TPSA) is 80.9 Å². The van der Waals surface area contributed by atoms with Crippen molar-refractivity contribution in [1.82, 2.24) is 15.0 Å². The molecule has 0 aromatic carbocycles. The van der Waals surface area contributed by atoms with Gasteiger partial charge < -0.3 is 9.47 Å². The fourth-order valence-electron chi connectivity index (χ4n) is 0.915. The molecule has 86 valence electrons. The van der Waals surface area contributed by atoms with Crippen molar-refractivity contribution in [3.63, 3.8) is 0 Å². The Bertz CT molecular complexity index is 370. The third-order valence-corrected chi connectivity index (χ3v) is 1.38. The lowest BCUT2D eigenvalue weighted by atomic mass is 10.5. The minimum atomic E-state index is -0.0687. The minimum Gasteiger partial charge on any atom is -0.461 e. The molecule has 16 heavy (non-hydrogen) atoms. The molecule has 1 rings (SSSR count). The molecular formula is C10H14N4O2. The van der Waals surface area contributed by atoms with Gasteiger partial charge in [-0.05, 0) is 27.7 Å². The van der Waals surface area contributed by atoms with Gasteiger partial charge in [-0.15, -0.1) is 4.98 Å². The van der Waals surface area contributed by atoms with Crippen molar-refractivity contribution >= 4 is 0 Å². The van der Waals surface area contributed by atoms with E-state index in [-0.39, 0.29) is 30.1 Å². The molecule has 0 saturated heterocycles. The van der Waals surface area contributed by atoms with Gasteiger partial charge in [0.15, 0.2) is 0 Å². The summed E-state index contributed by atoms with van der Waals surface area (Å²) in [5.41, 5.74) is 0. The Hall–Kier alpha value is -1.90. The number of rotatable bonds is 4. The van der Waals surface area contributed by atoms with Crippen LogP contribution in [-0.4, -0.2) is 27.2 Å². The van der Waals surface area contributed by atoms with Crippen LogP contribution in [0.3, 0.4) is 0 Å². The smallest absolute Gasteiger partial charge is 0.324 e. The predicted molar refractivity (Wildman–Crippen MR) is 56.1 cm³/mol. The lowest BCUT2D eigenvalue weighted by Gasteiger charge is -2.10. The van der Waals surface area contributed by atoms with Crippen molar-refractivity contribution in [3.8, 4) is 18.1 Å². The average Bonchev–Trinajstić information content (AvgIpc) is 2.14. The molecule has 0 bridgehead atoms. The van der Waals surface area contributed by atoms with Gasteiger partial charge >= 0.3 is 12.0 Å². The SMILES string of the molecule is CC(C)Oc1nc(C#N)nc(OC(C)C)n1. The van der Waals surface area contributed by atoms with Crippen LogP contribution in [0.1, 0.15) is 33.5 Å². The molecule has 0 unspecified atom stereocenters. The van der Waals surface area contributed by atoms with E-state index in [0.29, 0.717) is 0 Å². The van der Waals surface area contributed by atoms with Crippen molar-refractivity contribution in [2.75, 3.05) is 0 Å². The average molecular weight is 222 g/mol. The second-order valence-corrected chi connectivity index (χ2v) is 3.67. The van der Waals surface area contributed by atoms with Crippen LogP contribution in [0.4, 0.5) is 0 Å². The molecule has 1 aromatic rings. The maximum absolute atomic E-state index is 8.74. The van der Waals surface area contributed by atoms with E-state index in [9.17, 15) is 0 Å². The molecule has 0 aliphatic carbocycles. The van der Waals surface area contributed by atoms with Gasteiger partial charge in [-0.2, -0.15) is 15.2 Å². The molecular weight excluding hydrogens is 208 g/mol. The van der Waals surface area contributed by atoms with Crippen molar-refractivity contribution in [2.24, 2.45) is 0 Å². The van der Waals surface area contributed by atoms with E-state index in [4.69, 9.17) is 14.7 Å². The maximum atomic E-state index is 8.74. The van der Waals surface area contributed by atoms with E-state index >= 15 is 0 Å². The highest BCUT2D eigenvalue weighted by Crippen LogP contribution is 2.11. The molecule has 1 heterocycles. The molecule has 0 N–H and O–H groups in total. The van der Waals surface area contributed by atoms with Gasteiger partial charge in [0.05, 0.1) is 12.2 Å². The third kappa shape index (κ3) is 3.69. The van der Waals surface area contributed by atoms with E-state index < -0.39 is 0 Å². The van der Waals surface area contributed by atoms with Gasteiger partial charge in [-0.3, -0.25) is 0 Å². The van der Waals surface area contributed by atoms with Crippen LogP contribution < -0.4 is 9.47 Å². The number of hydrogen-bond donors (Lipinski definition) is 0. The van der Waals surface area contributed by atoms with Crippen molar-refractivity contribution in [3.05, 3.63) is 5.82 Å². The van der Waals surface area contributed by atoms with Crippen LogP contribution in [-0.2, 0) is 0 Å². The highest BCUT2D eigenvalue weighted by Gasteiger charge is 2.10. The molecule has 1 aromatic heterocycles. The first kappa shape index (κ1) is 12.2. The second kappa shape index (κ2) is 5.26. The third-order valence-electron chi connectivity index (χ3n) is 1.38. The quantitative estimate of drug-likeness (QED) is 0.764. The molecule has 6 nitrogen and oxygen atoms in total. The molecule has 0 saturated carbocycles. The highest BCUT2D eigenvalue weighted by molar-refractivity contribution is 5.15. The van der Waals surface area contributed by atoms with Gasteiger partial charge in [0, 0.05) is 0 Å². The van der Waals surface area contributed by atoms with E-state index in [1.165, 1.54) is 0 Å². The largest absolute Gasteiger partial charge is 0.461 e. The van der Waals surface area contributed by atoms with Crippen LogP contribution in [0, 0.1) is 11.3 Å². The molecule has 0 spiro atoms. The molecule has 0 radical (unpaired) electrons. The summed E-state index contributed by atoms with van der Waals surface area (Å²) in [6.45, 7) is 7.38. The zero-order chi connectivity index (χ0) is 12.1. The van der Waals surface area contributed by atoms with Crippen LogP contribution in [0.15, 0.2) is 0 Å². The first-order valence-corrected chi connectivity index (χ1v) is 5.00. The maximum Gasteiger partial charge on any atom is 0.324 e. The second-order valence-electron chi connectivity index (χ2n) is 3.67. The van der Waals surface area contributed by atoms with Crippen molar-refractivity contribution < 1.29 is 9.47 Å². The molecule has 6 heteroatoms. The lowest BCUT2D eigenvalue weighted by molar-refractivity contribution is 0.196. The number of nitriles is 1. The van der Waals surface area contributed by atoms with Gasteiger partial charge in [0.25, 0.3) is 0 Å². The standard InChI is InChI=1S/C10H14N4O2/c1-6(2)15-9-12-8(5-11)13-10(14-9)16-7(3)4/h6-7H,1-4H3. The first-order valence-electron chi connectivity index (χ1n) is 5.00. The number of nitrogens with zero attached hydrogens (tertiary/aromatic N) is 4. The summed E-state index contributed by atoms with van der Waals surface area (Å²) >= 11 is 0. The minimum absolute atomic E-state index is 0.0127. The lowest BCUT2D eigenvalue weighted by Crippen LogP contribution is -2.13. The Morgan fingerprint density at radius 2 is 1.38 bits per heavy atom. The fourth-order valence-corrected chi connectivity index (χ4v) is 0.915. The Morgan fingerprint density at radius 1 is 0.938 bits per heavy atom. The van der Waals surface area contributed by atoms with Gasteiger partial charge in [0.1, 0.15) is 6.07 Å². The number of hydrogen-bond acceptors (Lipinski definition) is 6. The van der Waals surface area contributed by atoms with Crippen LogP contribution in [0.25, 0.3) is 0 Å². The van der Waals surface area contributed by atoms with E-state index in [1.54, 1.807) is 0 Å². The summed E-state index contributed by atoms with van der Waals surface area (Å²) in [5.74, 6) is -0.0127. The number of aromatic nitrogens is 3. The zero-order valence-corrected chi connectivity index (χ0v) is 9.76. The van der Waals surface area contributed by atoms with Gasteiger partial charge in [-0.1, -0.05) is 0 Å². The summed E-state index contributed by atoms with van der Waals surface area (Å²) in [7, 11) is 0. The molecule has 0 amide bonds.